The third kappa shape index (κ3) is 4.18. The number of nitrogens with one attached hydrogen (secondary N) is 1. The zero-order chi connectivity index (χ0) is 17.1. The summed E-state index contributed by atoms with van der Waals surface area (Å²) >= 11 is 1.87. The van der Waals surface area contributed by atoms with Gasteiger partial charge in [-0.25, -0.2) is 0 Å². The van der Waals surface area contributed by atoms with Crippen molar-refractivity contribution in [2.24, 2.45) is 0 Å². The molecule has 130 valence electrons. The zero-order valence-corrected chi connectivity index (χ0v) is 15.7. The molecule has 0 amide bonds. The van der Waals surface area contributed by atoms with Crippen molar-refractivity contribution in [2.75, 3.05) is 18.4 Å². The maximum Gasteiger partial charge on any atom is 0.0564 e. The number of nitrogens with zero attached hydrogens (tertiary/aromatic N) is 1. The molecule has 0 radical (unpaired) electrons. The fourth-order valence-corrected chi connectivity index (χ4v) is 4.53. The summed E-state index contributed by atoms with van der Waals surface area (Å²) in [5.41, 5.74) is 3.96. The van der Waals surface area contributed by atoms with Gasteiger partial charge in [0.2, 0.25) is 0 Å². The van der Waals surface area contributed by atoms with E-state index in [0.717, 1.165) is 32.5 Å². The van der Waals surface area contributed by atoms with Crippen molar-refractivity contribution in [3.8, 4) is 0 Å². The molecule has 3 rings (SSSR count). The Morgan fingerprint density at radius 3 is 2.62 bits per heavy atom. The lowest BCUT2D eigenvalue weighted by Crippen LogP contribution is -2.35. The number of benzene rings is 1. The van der Waals surface area contributed by atoms with Crippen molar-refractivity contribution in [2.45, 2.75) is 52.3 Å². The van der Waals surface area contributed by atoms with Crippen LogP contribution >= 0.6 is 11.3 Å². The van der Waals surface area contributed by atoms with Crippen LogP contribution in [-0.2, 0) is 6.54 Å². The van der Waals surface area contributed by atoms with Crippen LogP contribution in [0.2, 0.25) is 0 Å². The van der Waals surface area contributed by atoms with Crippen LogP contribution in [0, 0.1) is 13.8 Å². The van der Waals surface area contributed by atoms with Gasteiger partial charge in [0.1, 0.15) is 0 Å². The van der Waals surface area contributed by atoms with E-state index in [-0.39, 0.29) is 6.10 Å². The van der Waals surface area contributed by atoms with E-state index < -0.39 is 0 Å². The van der Waals surface area contributed by atoms with E-state index in [1.54, 1.807) is 0 Å². The first-order valence-electron chi connectivity index (χ1n) is 8.84. The van der Waals surface area contributed by atoms with Crippen molar-refractivity contribution in [1.29, 1.82) is 0 Å². The highest BCUT2D eigenvalue weighted by atomic mass is 32.1. The van der Waals surface area contributed by atoms with Gasteiger partial charge >= 0.3 is 0 Å². The minimum absolute atomic E-state index is 0.112. The monoisotopic (exact) mass is 344 g/mol. The third-order valence-electron chi connectivity index (χ3n) is 4.89. The Morgan fingerprint density at radius 1 is 1.25 bits per heavy atom. The lowest BCUT2D eigenvalue weighted by Gasteiger charge is -2.30. The Hall–Kier alpha value is -1.36. The van der Waals surface area contributed by atoms with Gasteiger partial charge in [0.05, 0.1) is 6.10 Å². The minimum Gasteiger partial charge on any atom is -0.393 e. The molecule has 1 aromatic heterocycles. The van der Waals surface area contributed by atoms with E-state index in [4.69, 9.17) is 0 Å². The summed E-state index contributed by atoms with van der Waals surface area (Å²) in [6.45, 7) is 9.53. The van der Waals surface area contributed by atoms with Crippen LogP contribution in [-0.4, -0.2) is 29.2 Å². The molecule has 1 aliphatic heterocycles. The number of rotatable bonds is 5. The van der Waals surface area contributed by atoms with Crippen molar-refractivity contribution < 1.29 is 5.11 Å². The molecule has 4 heteroatoms. The number of hydrogen-bond donors (Lipinski definition) is 2. The first-order valence-corrected chi connectivity index (χ1v) is 9.66. The first-order chi connectivity index (χ1) is 11.5. The molecule has 0 bridgehead atoms. The molecule has 3 nitrogen and oxygen atoms in total. The highest BCUT2D eigenvalue weighted by Gasteiger charge is 2.18. The summed E-state index contributed by atoms with van der Waals surface area (Å²) in [6.07, 6.45) is 1.66. The number of piperidine rings is 1. The zero-order valence-electron chi connectivity index (χ0n) is 14.9. The average Bonchev–Trinajstić information content (AvgIpc) is 2.90. The third-order valence-corrected chi connectivity index (χ3v) is 5.87. The number of aliphatic hydroxyl groups is 1. The van der Waals surface area contributed by atoms with E-state index in [1.165, 1.54) is 26.6 Å². The highest BCUT2D eigenvalue weighted by Crippen LogP contribution is 2.30. The summed E-state index contributed by atoms with van der Waals surface area (Å²) in [7, 11) is 0. The molecular formula is C20H28N2OS. The number of aliphatic hydroxyl groups excluding tert-OH is 1. The number of aryl methyl sites for hydroxylation is 2. The largest absolute Gasteiger partial charge is 0.393 e. The molecule has 1 aromatic carbocycles. The minimum atomic E-state index is -0.112. The standard InChI is InChI=1S/C20H28N2OS/c1-14-12-19(16(3)24-14)15(2)21-20-7-5-4-6-17(20)13-22-10-8-18(23)9-11-22/h4-7,12,15,18,21,23H,8-11,13H2,1-3H3. The van der Waals surface area contributed by atoms with Gasteiger partial charge in [-0.3, -0.25) is 4.90 Å². The van der Waals surface area contributed by atoms with Gasteiger partial charge in [-0.15, -0.1) is 11.3 Å². The smallest absolute Gasteiger partial charge is 0.0564 e. The van der Waals surface area contributed by atoms with Crippen molar-refractivity contribution >= 4 is 17.0 Å². The van der Waals surface area contributed by atoms with E-state index in [2.05, 4.69) is 61.3 Å². The van der Waals surface area contributed by atoms with Gasteiger partial charge in [-0.1, -0.05) is 18.2 Å². The summed E-state index contributed by atoms with van der Waals surface area (Å²) in [5.74, 6) is 0. The maximum atomic E-state index is 9.68. The van der Waals surface area contributed by atoms with Crippen molar-refractivity contribution in [3.05, 3.63) is 51.2 Å². The normalized spacial score (nSPS) is 17.8. The number of para-hydroxylation sites is 1. The van der Waals surface area contributed by atoms with Gasteiger partial charge in [0.25, 0.3) is 0 Å². The van der Waals surface area contributed by atoms with Crippen LogP contribution in [0.15, 0.2) is 30.3 Å². The SMILES string of the molecule is Cc1cc(C(C)Nc2ccccc2CN2CCC(O)CC2)c(C)s1. The molecule has 1 unspecified atom stereocenters. The molecule has 2 heterocycles. The summed E-state index contributed by atoms with van der Waals surface area (Å²) in [6, 6.07) is 11.2. The Labute approximate surface area is 149 Å². The van der Waals surface area contributed by atoms with Gasteiger partial charge in [-0.2, -0.15) is 0 Å². The Bertz CT molecular complexity index is 674. The van der Waals surface area contributed by atoms with Crippen LogP contribution in [0.25, 0.3) is 0 Å². The van der Waals surface area contributed by atoms with Crippen molar-refractivity contribution in [1.82, 2.24) is 4.90 Å². The van der Waals surface area contributed by atoms with Crippen LogP contribution in [0.4, 0.5) is 5.69 Å². The van der Waals surface area contributed by atoms with Crippen LogP contribution < -0.4 is 5.32 Å². The molecule has 1 atom stereocenters. The predicted octanol–water partition coefficient (Wildman–Crippen LogP) is 4.49. The molecular weight excluding hydrogens is 316 g/mol. The van der Waals surface area contributed by atoms with Crippen LogP contribution in [0.1, 0.15) is 46.7 Å². The van der Waals surface area contributed by atoms with Gasteiger partial charge in [0.15, 0.2) is 0 Å². The van der Waals surface area contributed by atoms with E-state index in [1.807, 2.05) is 11.3 Å². The molecule has 1 fully saturated rings. The van der Waals surface area contributed by atoms with E-state index >= 15 is 0 Å². The second-order valence-electron chi connectivity index (χ2n) is 6.90. The number of likely N-dealkylation sites (tertiary alicyclic amines) is 1. The van der Waals surface area contributed by atoms with Crippen LogP contribution in [0.5, 0.6) is 0 Å². The lowest BCUT2D eigenvalue weighted by molar-refractivity contribution is 0.0793. The molecule has 24 heavy (non-hydrogen) atoms. The Balaban J connectivity index is 1.71. The second kappa shape index (κ2) is 7.68. The van der Waals surface area contributed by atoms with E-state index in [9.17, 15) is 5.11 Å². The molecule has 2 aromatic rings. The molecule has 2 N–H and O–H groups in total. The topological polar surface area (TPSA) is 35.5 Å². The molecule has 0 spiro atoms. The second-order valence-corrected chi connectivity index (χ2v) is 8.36. The summed E-state index contributed by atoms with van der Waals surface area (Å²) < 4.78 is 0. The molecule has 0 saturated carbocycles. The van der Waals surface area contributed by atoms with Gasteiger partial charge in [0, 0.05) is 41.1 Å². The lowest BCUT2D eigenvalue weighted by atomic mass is 10.0. The molecule has 1 saturated heterocycles. The fraction of sp³-hybridized carbons (Fsp3) is 0.500. The number of anilines is 1. The van der Waals surface area contributed by atoms with Gasteiger partial charge in [-0.05, 0) is 56.9 Å². The van der Waals surface area contributed by atoms with Crippen LogP contribution in [0.3, 0.4) is 0 Å². The molecule has 0 aliphatic carbocycles. The highest BCUT2D eigenvalue weighted by molar-refractivity contribution is 7.12. The summed E-state index contributed by atoms with van der Waals surface area (Å²) in [5, 5.41) is 13.4. The first kappa shape index (κ1) is 17.5. The van der Waals surface area contributed by atoms with E-state index in [0.29, 0.717) is 6.04 Å². The number of hydrogen-bond acceptors (Lipinski definition) is 4. The van der Waals surface area contributed by atoms with Gasteiger partial charge < -0.3 is 10.4 Å². The fourth-order valence-electron chi connectivity index (χ4n) is 3.51. The average molecular weight is 345 g/mol. The quantitative estimate of drug-likeness (QED) is 0.838. The van der Waals surface area contributed by atoms with Crippen molar-refractivity contribution in [3.63, 3.8) is 0 Å². The predicted molar refractivity (Wildman–Crippen MR) is 103 cm³/mol. The Morgan fingerprint density at radius 2 is 1.96 bits per heavy atom. The maximum absolute atomic E-state index is 9.68. The Kier molecular flexibility index (Phi) is 5.59. The summed E-state index contributed by atoms with van der Waals surface area (Å²) in [4.78, 5) is 5.21. The molecule has 1 aliphatic rings. The number of thiophene rings is 1.